The summed E-state index contributed by atoms with van der Waals surface area (Å²) < 4.78 is 5.28. The number of piperidine rings is 1. The molecule has 6 nitrogen and oxygen atoms in total. The molecule has 0 bridgehead atoms. The minimum absolute atomic E-state index is 0.0351. The van der Waals surface area contributed by atoms with Crippen molar-refractivity contribution in [1.82, 2.24) is 15.3 Å². The van der Waals surface area contributed by atoms with Gasteiger partial charge in [0.25, 0.3) is 0 Å². The van der Waals surface area contributed by atoms with Crippen LogP contribution in [0.5, 0.6) is 0 Å². The molecule has 1 aromatic rings. The smallest absolute Gasteiger partial charge is 0.407 e. The van der Waals surface area contributed by atoms with E-state index in [2.05, 4.69) is 15.3 Å². The first-order valence-electron chi connectivity index (χ1n) is 7.05. The van der Waals surface area contributed by atoms with Crippen LogP contribution in [-0.4, -0.2) is 40.8 Å². The number of aromatic nitrogens is 2. The summed E-state index contributed by atoms with van der Waals surface area (Å²) in [5.74, 6) is 0.634. The van der Waals surface area contributed by atoms with Crippen LogP contribution in [0.15, 0.2) is 12.4 Å². The van der Waals surface area contributed by atoms with E-state index in [0.29, 0.717) is 17.5 Å². The number of hydrogen-bond acceptors (Lipinski definition) is 5. The molecule has 1 amide bonds. The predicted molar refractivity (Wildman–Crippen MR) is 81.6 cm³/mol. The first-order valence-corrected chi connectivity index (χ1v) is 7.43. The maximum atomic E-state index is 11.8. The van der Waals surface area contributed by atoms with Gasteiger partial charge in [0.2, 0.25) is 5.95 Å². The Kier molecular flexibility index (Phi) is 4.88. The number of nitrogens with one attached hydrogen (secondary N) is 1. The molecule has 7 heteroatoms. The molecule has 0 aromatic carbocycles. The largest absolute Gasteiger partial charge is 0.444 e. The monoisotopic (exact) mass is 312 g/mol. The molecular formula is C14H21ClN4O2. The third kappa shape index (κ3) is 5.04. The van der Waals surface area contributed by atoms with E-state index in [1.807, 2.05) is 25.7 Å². The first kappa shape index (κ1) is 15.8. The zero-order valence-electron chi connectivity index (χ0n) is 12.6. The number of ether oxygens (including phenoxy) is 1. The van der Waals surface area contributed by atoms with Crippen LogP contribution in [0, 0.1) is 0 Å². The molecule has 1 fully saturated rings. The summed E-state index contributed by atoms with van der Waals surface area (Å²) in [6, 6.07) is 0.0351. The maximum absolute atomic E-state index is 11.8. The first-order chi connectivity index (χ1) is 9.83. The highest BCUT2D eigenvalue weighted by atomic mass is 35.5. The van der Waals surface area contributed by atoms with E-state index >= 15 is 0 Å². The Balaban J connectivity index is 1.91. The number of nitrogens with zero attached hydrogens (tertiary/aromatic N) is 3. The van der Waals surface area contributed by atoms with Gasteiger partial charge in [0.1, 0.15) is 5.60 Å². The van der Waals surface area contributed by atoms with Gasteiger partial charge in [-0.1, -0.05) is 11.6 Å². The van der Waals surface area contributed by atoms with Crippen molar-refractivity contribution in [2.45, 2.75) is 45.3 Å². The highest BCUT2D eigenvalue weighted by Gasteiger charge is 2.25. The Labute approximate surface area is 129 Å². The zero-order valence-corrected chi connectivity index (χ0v) is 13.4. The SMILES string of the molecule is CC(C)(C)OC(=O)N[C@H]1CCCN(c2ncc(Cl)cn2)C1. The zero-order chi connectivity index (χ0) is 15.5. The average Bonchev–Trinajstić information content (AvgIpc) is 2.37. The fraction of sp³-hybridized carbons (Fsp3) is 0.643. The van der Waals surface area contributed by atoms with E-state index in [1.165, 1.54) is 0 Å². The fourth-order valence-corrected chi connectivity index (χ4v) is 2.32. The van der Waals surface area contributed by atoms with Crippen LogP contribution < -0.4 is 10.2 Å². The van der Waals surface area contributed by atoms with Crippen molar-refractivity contribution >= 4 is 23.6 Å². The summed E-state index contributed by atoms with van der Waals surface area (Å²) >= 11 is 5.79. The molecule has 0 spiro atoms. The van der Waals surface area contributed by atoms with E-state index in [0.717, 1.165) is 19.4 Å². The van der Waals surface area contributed by atoms with Crippen LogP contribution in [0.3, 0.4) is 0 Å². The second-order valence-corrected chi connectivity index (χ2v) is 6.57. The highest BCUT2D eigenvalue weighted by molar-refractivity contribution is 6.30. The molecule has 1 N–H and O–H groups in total. The molecule has 116 valence electrons. The summed E-state index contributed by atoms with van der Waals surface area (Å²) in [6.45, 7) is 7.08. The summed E-state index contributed by atoms with van der Waals surface area (Å²) in [5.41, 5.74) is -0.488. The summed E-state index contributed by atoms with van der Waals surface area (Å²) in [5, 5.41) is 3.42. The minimum atomic E-state index is -0.488. The Morgan fingerprint density at radius 2 is 2.10 bits per heavy atom. The van der Waals surface area contributed by atoms with Crippen molar-refractivity contribution in [3.8, 4) is 0 Å². The third-order valence-corrected chi connectivity index (χ3v) is 3.23. The normalized spacial score (nSPS) is 19.2. The summed E-state index contributed by atoms with van der Waals surface area (Å²) in [6.07, 6.45) is 4.66. The van der Waals surface area contributed by atoms with Gasteiger partial charge >= 0.3 is 6.09 Å². The summed E-state index contributed by atoms with van der Waals surface area (Å²) in [7, 11) is 0. The van der Waals surface area contributed by atoms with Crippen molar-refractivity contribution < 1.29 is 9.53 Å². The van der Waals surface area contributed by atoms with Gasteiger partial charge in [-0.3, -0.25) is 0 Å². The van der Waals surface area contributed by atoms with Gasteiger partial charge in [-0.2, -0.15) is 0 Å². The van der Waals surface area contributed by atoms with E-state index in [4.69, 9.17) is 16.3 Å². The number of amides is 1. The van der Waals surface area contributed by atoms with Gasteiger partial charge in [-0.15, -0.1) is 0 Å². The quantitative estimate of drug-likeness (QED) is 0.909. The van der Waals surface area contributed by atoms with Crippen molar-refractivity contribution in [3.63, 3.8) is 0 Å². The van der Waals surface area contributed by atoms with Gasteiger partial charge in [0, 0.05) is 19.1 Å². The van der Waals surface area contributed by atoms with Crippen molar-refractivity contribution in [3.05, 3.63) is 17.4 Å². The highest BCUT2D eigenvalue weighted by Crippen LogP contribution is 2.17. The molecule has 2 heterocycles. The average molecular weight is 313 g/mol. The lowest BCUT2D eigenvalue weighted by atomic mass is 10.1. The molecule has 0 radical (unpaired) electrons. The lowest BCUT2D eigenvalue weighted by Gasteiger charge is -2.33. The minimum Gasteiger partial charge on any atom is -0.444 e. The molecule has 1 aliphatic heterocycles. The topological polar surface area (TPSA) is 67.3 Å². The second kappa shape index (κ2) is 6.47. The Hall–Kier alpha value is -1.56. The molecule has 0 unspecified atom stereocenters. The number of rotatable bonds is 2. The van der Waals surface area contributed by atoms with Gasteiger partial charge in [0.15, 0.2) is 0 Å². The van der Waals surface area contributed by atoms with Crippen LogP contribution in [0.4, 0.5) is 10.7 Å². The molecule has 0 aliphatic carbocycles. The van der Waals surface area contributed by atoms with E-state index in [9.17, 15) is 4.79 Å². The maximum Gasteiger partial charge on any atom is 0.407 e. The molecule has 2 rings (SSSR count). The molecule has 1 atom stereocenters. The van der Waals surface area contributed by atoms with Crippen molar-refractivity contribution in [2.75, 3.05) is 18.0 Å². The summed E-state index contributed by atoms with van der Waals surface area (Å²) in [4.78, 5) is 22.3. The van der Waals surface area contributed by atoms with Gasteiger partial charge < -0.3 is 15.0 Å². The van der Waals surface area contributed by atoms with Gasteiger partial charge in [-0.25, -0.2) is 14.8 Å². The van der Waals surface area contributed by atoms with Crippen LogP contribution in [0.25, 0.3) is 0 Å². The number of halogens is 1. The molecule has 1 aromatic heterocycles. The van der Waals surface area contributed by atoms with Gasteiger partial charge in [0.05, 0.1) is 17.4 Å². The van der Waals surface area contributed by atoms with Crippen LogP contribution >= 0.6 is 11.6 Å². The van der Waals surface area contributed by atoms with Crippen molar-refractivity contribution in [1.29, 1.82) is 0 Å². The number of carbonyl (C=O) groups excluding carboxylic acids is 1. The van der Waals surface area contributed by atoms with Crippen LogP contribution in [-0.2, 0) is 4.74 Å². The Morgan fingerprint density at radius 1 is 1.43 bits per heavy atom. The Morgan fingerprint density at radius 3 is 2.71 bits per heavy atom. The molecule has 21 heavy (non-hydrogen) atoms. The Bertz CT molecular complexity index is 487. The van der Waals surface area contributed by atoms with Crippen LogP contribution in [0.1, 0.15) is 33.6 Å². The number of anilines is 1. The standard InChI is InChI=1S/C14H21ClN4O2/c1-14(2,3)21-13(20)18-11-5-4-6-19(9-11)12-16-7-10(15)8-17-12/h7-8,11H,4-6,9H2,1-3H3,(H,18,20)/t11-/m0/s1. The van der Waals surface area contributed by atoms with Crippen LogP contribution in [0.2, 0.25) is 5.02 Å². The molecule has 0 saturated carbocycles. The number of carbonyl (C=O) groups is 1. The van der Waals surface area contributed by atoms with E-state index < -0.39 is 5.60 Å². The predicted octanol–water partition coefficient (Wildman–Crippen LogP) is 2.62. The fourth-order valence-electron chi connectivity index (χ4n) is 2.22. The lowest BCUT2D eigenvalue weighted by molar-refractivity contribution is 0.0500. The molecular weight excluding hydrogens is 292 g/mol. The second-order valence-electron chi connectivity index (χ2n) is 6.13. The molecule has 1 saturated heterocycles. The van der Waals surface area contributed by atoms with E-state index in [1.54, 1.807) is 12.4 Å². The third-order valence-electron chi connectivity index (χ3n) is 3.03. The van der Waals surface area contributed by atoms with E-state index in [-0.39, 0.29) is 12.1 Å². The molecule has 1 aliphatic rings. The number of alkyl carbamates (subject to hydrolysis) is 1. The van der Waals surface area contributed by atoms with Gasteiger partial charge in [-0.05, 0) is 33.6 Å². The number of hydrogen-bond donors (Lipinski definition) is 1. The van der Waals surface area contributed by atoms with Crippen molar-refractivity contribution in [2.24, 2.45) is 0 Å². The lowest BCUT2D eigenvalue weighted by Crippen LogP contribution is -2.49.